The van der Waals surface area contributed by atoms with E-state index in [9.17, 15) is 9.36 Å². The van der Waals surface area contributed by atoms with E-state index in [2.05, 4.69) is 0 Å². The fourth-order valence-electron chi connectivity index (χ4n) is 1.26. The number of Topliss-reactive ketones (excluding diaryl/α,β-unsaturated/α-hetero) is 1. The third-order valence-electron chi connectivity index (χ3n) is 2.26. The molecular weight excluding hydrogens is 227 g/mol. The van der Waals surface area contributed by atoms with Gasteiger partial charge in [0.1, 0.15) is 0 Å². The fourth-order valence-corrected chi connectivity index (χ4v) is 2.26. The van der Waals surface area contributed by atoms with Crippen molar-refractivity contribution in [2.24, 2.45) is 0 Å². The maximum atomic E-state index is 11.7. The molecule has 0 bridgehead atoms. The second-order valence-corrected chi connectivity index (χ2v) is 5.64. The van der Waals surface area contributed by atoms with Gasteiger partial charge in [-0.05, 0) is 0 Å². The standard InChI is InChI=1S/C11H15O4P/c1-14-16(13,15-2)9-8-11(12)10-6-4-3-5-7-10/h3-7H,8-9H2,1-2H3. The lowest BCUT2D eigenvalue weighted by molar-refractivity contribution is 0.0986. The molecule has 0 atom stereocenters. The van der Waals surface area contributed by atoms with E-state index in [4.69, 9.17) is 9.05 Å². The molecule has 88 valence electrons. The van der Waals surface area contributed by atoms with E-state index in [1.807, 2.05) is 6.07 Å². The number of ketones is 1. The summed E-state index contributed by atoms with van der Waals surface area (Å²) in [6.45, 7) is 0. The monoisotopic (exact) mass is 242 g/mol. The molecule has 4 nitrogen and oxygen atoms in total. The Morgan fingerprint density at radius 3 is 2.25 bits per heavy atom. The lowest BCUT2D eigenvalue weighted by atomic mass is 10.1. The summed E-state index contributed by atoms with van der Waals surface area (Å²) in [5.74, 6) is -0.0603. The van der Waals surface area contributed by atoms with Gasteiger partial charge in [0.05, 0.1) is 6.16 Å². The Balaban J connectivity index is 2.57. The zero-order valence-electron chi connectivity index (χ0n) is 9.38. The molecule has 1 aromatic rings. The molecule has 1 rings (SSSR count). The predicted octanol–water partition coefficient (Wildman–Crippen LogP) is 2.75. The van der Waals surface area contributed by atoms with Gasteiger partial charge in [0.15, 0.2) is 5.78 Å². The van der Waals surface area contributed by atoms with Crippen LogP contribution in [0.3, 0.4) is 0 Å². The van der Waals surface area contributed by atoms with Gasteiger partial charge in [-0.15, -0.1) is 0 Å². The highest BCUT2D eigenvalue weighted by molar-refractivity contribution is 7.53. The van der Waals surface area contributed by atoms with Crippen molar-refractivity contribution in [2.75, 3.05) is 20.4 Å². The quantitative estimate of drug-likeness (QED) is 0.568. The molecule has 0 heterocycles. The zero-order chi connectivity index (χ0) is 12.0. The van der Waals surface area contributed by atoms with E-state index in [0.29, 0.717) is 5.56 Å². The first-order valence-electron chi connectivity index (χ1n) is 4.90. The van der Waals surface area contributed by atoms with Crippen LogP contribution in [-0.4, -0.2) is 26.2 Å². The van der Waals surface area contributed by atoms with E-state index < -0.39 is 7.60 Å². The summed E-state index contributed by atoms with van der Waals surface area (Å²) in [4.78, 5) is 11.7. The minimum absolute atomic E-state index is 0.0603. The van der Waals surface area contributed by atoms with Crippen LogP contribution in [0.25, 0.3) is 0 Å². The fraction of sp³-hybridized carbons (Fsp3) is 0.364. The normalized spacial score (nSPS) is 11.4. The molecule has 0 radical (unpaired) electrons. The Bertz CT molecular complexity index is 380. The maximum Gasteiger partial charge on any atom is 0.330 e. The van der Waals surface area contributed by atoms with Crippen LogP contribution < -0.4 is 0 Å². The van der Waals surface area contributed by atoms with Crippen molar-refractivity contribution in [3.63, 3.8) is 0 Å². The van der Waals surface area contributed by atoms with Crippen molar-refractivity contribution >= 4 is 13.4 Å². The molecule has 0 saturated heterocycles. The van der Waals surface area contributed by atoms with Gasteiger partial charge < -0.3 is 9.05 Å². The lowest BCUT2D eigenvalue weighted by Gasteiger charge is -2.12. The van der Waals surface area contributed by atoms with E-state index in [1.54, 1.807) is 24.3 Å². The number of carbonyl (C=O) groups excluding carboxylic acids is 1. The summed E-state index contributed by atoms with van der Waals surface area (Å²) in [7, 11) is -0.443. The molecule has 16 heavy (non-hydrogen) atoms. The Kier molecular flexibility index (Phi) is 4.87. The van der Waals surface area contributed by atoms with Gasteiger partial charge in [0.25, 0.3) is 0 Å². The zero-order valence-corrected chi connectivity index (χ0v) is 10.3. The van der Waals surface area contributed by atoms with Crippen LogP contribution in [-0.2, 0) is 13.6 Å². The van der Waals surface area contributed by atoms with Gasteiger partial charge in [-0.25, -0.2) is 0 Å². The van der Waals surface area contributed by atoms with Gasteiger partial charge in [0, 0.05) is 26.2 Å². The number of hydrogen-bond acceptors (Lipinski definition) is 4. The minimum atomic E-state index is -3.08. The Labute approximate surface area is 95.1 Å². The molecule has 5 heteroatoms. The van der Waals surface area contributed by atoms with Crippen molar-refractivity contribution in [1.82, 2.24) is 0 Å². The molecule has 0 aliphatic carbocycles. The molecule has 0 fully saturated rings. The van der Waals surface area contributed by atoms with Crippen LogP contribution in [0.15, 0.2) is 30.3 Å². The molecule has 0 aliphatic rings. The molecule has 0 saturated carbocycles. The average Bonchev–Trinajstić information content (AvgIpc) is 2.36. The van der Waals surface area contributed by atoms with Crippen LogP contribution in [0.2, 0.25) is 0 Å². The van der Waals surface area contributed by atoms with Crippen molar-refractivity contribution in [2.45, 2.75) is 6.42 Å². The third kappa shape index (κ3) is 3.56. The van der Waals surface area contributed by atoms with Gasteiger partial charge in [-0.1, -0.05) is 30.3 Å². The largest absolute Gasteiger partial charge is 0.330 e. The second kappa shape index (κ2) is 5.94. The first-order valence-corrected chi connectivity index (χ1v) is 6.63. The highest BCUT2D eigenvalue weighted by atomic mass is 31.2. The maximum absolute atomic E-state index is 11.7. The van der Waals surface area contributed by atoms with Gasteiger partial charge >= 0.3 is 7.60 Å². The van der Waals surface area contributed by atoms with Crippen LogP contribution in [0.4, 0.5) is 0 Å². The number of hydrogen-bond donors (Lipinski definition) is 0. The van der Waals surface area contributed by atoms with Crippen molar-refractivity contribution in [1.29, 1.82) is 0 Å². The summed E-state index contributed by atoms with van der Waals surface area (Å²) in [5, 5.41) is 0. The molecule has 0 amide bonds. The van der Waals surface area contributed by atoms with Crippen LogP contribution in [0, 0.1) is 0 Å². The van der Waals surface area contributed by atoms with E-state index in [0.717, 1.165) is 0 Å². The molecule has 0 aliphatic heterocycles. The first kappa shape index (κ1) is 13.1. The molecule has 0 aromatic heterocycles. The topological polar surface area (TPSA) is 52.6 Å². The summed E-state index contributed by atoms with van der Waals surface area (Å²) in [5.41, 5.74) is 0.612. The Morgan fingerprint density at radius 1 is 1.19 bits per heavy atom. The Morgan fingerprint density at radius 2 is 1.75 bits per heavy atom. The first-order chi connectivity index (χ1) is 7.61. The predicted molar refractivity (Wildman–Crippen MR) is 61.9 cm³/mol. The lowest BCUT2D eigenvalue weighted by Crippen LogP contribution is -2.04. The number of benzene rings is 1. The Hall–Kier alpha value is -0.960. The molecule has 1 aromatic carbocycles. The summed E-state index contributed by atoms with van der Waals surface area (Å²) in [6.07, 6.45) is 0.261. The van der Waals surface area contributed by atoms with Gasteiger partial charge in [0.2, 0.25) is 0 Å². The molecule has 0 unspecified atom stereocenters. The summed E-state index contributed by atoms with van der Waals surface area (Å²) < 4.78 is 21.2. The number of carbonyl (C=O) groups is 1. The van der Waals surface area contributed by atoms with Crippen molar-refractivity contribution in [3.05, 3.63) is 35.9 Å². The van der Waals surface area contributed by atoms with E-state index in [1.165, 1.54) is 14.2 Å². The van der Waals surface area contributed by atoms with Crippen molar-refractivity contribution < 1.29 is 18.4 Å². The van der Waals surface area contributed by atoms with Gasteiger partial charge in [-0.3, -0.25) is 9.36 Å². The third-order valence-corrected chi connectivity index (χ3v) is 4.15. The average molecular weight is 242 g/mol. The SMILES string of the molecule is COP(=O)(CCC(=O)c1ccccc1)OC. The summed E-state index contributed by atoms with van der Waals surface area (Å²) in [6, 6.07) is 8.88. The smallest absolute Gasteiger partial charge is 0.312 e. The summed E-state index contributed by atoms with van der Waals surface area (Å²) >= 11 is 0. The molecule has 0 spiro atoms. The van der Waals surface area contributed by atoms with Crippen molar-refractivity contribution in [3.8, 4) is 0 Å². The van der Waals surface area contributed by atoms with Gasteiger partial charge in [-0.2, -0.15) is 0 Å². The van der Waals surface area contributed by atoms with Crippen LogP contribution >= 0.6 is 7.60 Å². The van der Waals surface area contributed by atoms with Crippen LogP contribution in [0.5, 0.6) is 0 Å². The highest BCUT2D eigenvalue weighted by Gasteiger charge is 2.22. The molecule has 0 N–H and O–H groups in total. The van der Waals surface area contributed by atoms with Crippen LogP contribution in [0.1, 0.15) is 16.8 Å². The minimum Gasteiger partial charge on any atom is -0.312 e. The molecular formula is C11H15O4P. The highest BCUT2D eigenvalue weighted by Crippen LogP contribution is 2.46. The second-order valence-electron chi connectivity index (χ2n) is 3.24. The van der Waals surface area contributed by atoms with E-state index >= 15 is 0 Å². The number of rotatable bonds is 6. The van der Waals surface area contributed by atoms with E-state index in [-0.39, 0.29) is 18.4 Å².